The first-order chi connectivity index (χ1) is 23.5. The van der Waals surface area contributed by atoms with Gasteiger partial charge < -0.3 is 28.8 Å². The van der Waals surface area contributed by atoms with E-state index in [-0.39, 0.29) is 19.1 Å². The van der Waals surface area contributed by atoms with E-state index in [1.807, 2.05) is 27.2 Å². The van der Waals surface area contributed by atoms with E-state index in [9.17, 15) is 19.4 Å². The molecule has 0 fully saturated rings. The number of carbonyl (C=O) groups is 1. The fraction of sp³-hybridized carbons (Fsp3) is 0.925. The third kappa shape index (κ3) is 35.4. The SMILES string of the molecule is CCCCCCCCCC/C=C/C(O)C(COP(=O)([O-])OCC[N+](C)(C)C)NC(=O)CCCCCCCCCCCCCCCCCCC. The zero-order valence-corrected chi connectivity index (χ0v) is 33.8. The van der Waals surface area contributed by atoms with Gasteiger partial charge in [0.1, 0.15) is 13.2 Å². The van der Waals surface area contributed by atoms with E-state index in [1.54, 1.807) is 6.08 Å². The fourth-order valence-electron chi connectivity index (χ4n) is 5.92. The number of likely N-dealkylation sites (N-methyl/N-ethyl adjacent to an activating group) is 1. The Morgan fingerprint density at radius 1 is 0.694 bits per heavy atom. The lowest BCUT2D eigenvalue weighted by molar-refractivity contribution is -0.870. The molecule has 0 spiro atoms. The maximum atomic E-state index is 12.8. The zero-order chi connectivity index (χ0) is 36.5. The number of hydrogen-bond donors (Lipinski definition) is 2. The molecule has 0 saturated heterocycles. The van der Waals surface area contributed by atoms with E-state index in [2.05, 4.69) is 19.2 Å². The van der Waals surface area contributed by atoms with Crippen molar-refractivity contribution in [1.29, 1.82) is 0 Å². The first-order valence-corrected chi connectivity index (χ1v) is 22.0. The van der Waals surface area contributed by atoms with Gasteiger partial charge in [0.25, 0.3) is 7.82 Å². The average molecular weight is 717 g/mol. The first-order valence-electron chi connectivity index (χ1n) is 20.6. The summed E-state index contributed by atoms with van der Waals surface area (Å²) in [6, 6.07) is -0.877. The van der Waals surface area contributed by atoms with Crippen LogP contribution in [-0.2, 0) is 18.4 Å². The van der Waals surface area contributed by atoms with Gasteiger partial charge >= 0.3 is 0 Å². The van der Waals surface area contributed by atoms with Crippen LogP contribution in [0.4, 0.5) is 0 Å². The zero-order valence-electron chi connectivity index (χ0n) is 32.9. The summed E-state index contributed by atoms with van der Waals surface area (Å²) in [4.78, 5) is 25.2. The molecule has 0 aromatic carbocycles. The van der Waals surface area contributed by atoms with Crippen molar-refractivity contribution in [2.45, 2.75) is 199 Å². The van der Waals surface area contributed by atoms with Gasteiger partial charge in [-0.3, -0.25) is 9.36 Å². The van der Waals surface area contributed by atoms with Crippen LogP contribution in [0.25, 0.3) is 0 Å². The van der Waals surface area contributed by atoms with Crippen LogP contribution in [-0.4, -0.2) is 68.5 Å². The van der Waals surface area contributed by atoms with E-state index < -0.39 is 20.0 Å². The molecule has 0 saturated carbocycles. The summed E-state index contributed by atoms with van der Waals surface area (Å²) in [7, 11) is 1.27. The summed E-state index contributed by atoms with van der Waals surface area (Å²) in [5.41, 5.74) is 0. The molecule has 1 amide bonds. The van der Waals surface area contributed by atoms with Gasteiger partial charge in [0, 0.05) is 6.42 Å². The van der Waals surface area contributed by atoms with Crippen molar-refractivity contribution in [3.63, 3.8) is 0 Å². The number of rotatable bonds is 37. The van der Waals surface area contributed by atoms with Crippen molar-refractivity contribution >= 4 is 13.7 Å². The molecule has 0 aliphatic carbocycles. The third-order valence-electron chi connectivity index (χ3n) is 9.25. The monoisotopic (exact) mass is 717 g/mol. The van der Waals surface area contributed by atoms with E-state index in [0.717, 1.165) is 38.5 Å². The molecule has 49 heavy (non-hydrogen) atoms. The molecular weight excluding hydrogens is 635 g/mol. The largest absolute Gasteiger partial charge is 0.756 e. The molecule has 0 aromatic rings. The molecule has 292 valence electrons. The van der Waals surface area contributed by atoms with E-state index >= 15 is 0 Å². The second-order valence-electron chi connectivity index (χ2n) is 15.4. The van der Waals surface area contributed by atoms with Gasteiger partial charge in [-0.05, 0) is 19.3 Å². The quantitative estimate of drug-likeness (QED) is 0.0287. The Morgan fingerprint density at radius 3 is 1.53 bits per heavy atom. The number of aliphatic hydroxyl groups is 1. The molecule has 3 atom stereocenters. The summed E-state index contributed by atoms with van der Waals surface area (Å²) in [5, 5.41) is 13.7. The minimum Gasteiger partial charge on any atom is -0.756 e. The molecule has 0 heterocycles. The minimum atomic E-state index is -4.57. The highest BCUT2D eigenvalue weighted by Crippen LogP contribution is 2.38. The molecule has 0 aliphatic rings. The Kier molecular flexibility index (Phi) is 32.6. The highest BCUT2D eigenvalue weighted by Gasteiger charge is 2.23. The summed E-state index contributed by atoms with van der Waals surface area (Å²) >= 11 is 0. The molecular formula is C40H81N2O6P. The molecule has 3 unspecified atom stereocenters. The third-order valence-corrected chi connectivity index (χ3v) is 10.2. The van der Waals surface area contributed by atoms with Gasteiger partial charge in [-0.15, -0.1) is 0 Å². The number of aliphatic hydroxyl groups excluding tert-OH is 1. The Balaban J connectivity index is 4.38. The standard InChI is InChI=1S/C40H81N2O6P/c1-6-8-10-12-14-16-18-19-20-21-22-23-24-26-28-30-32-34-40(44)41-38(37-48-49(45,46)47-36-35-42(3,4)5)39(43)33-31-29-27-25-17-15-13-11-9-7-2/h31,33,38-39,43H,6-30,32,34-37H2,1-5H3,(H-,41,44,45,46)/b33-31+. The predicted molar refractivity (Wildman–Crippen MR) is 205 cm³/mol. The van der Waals surface area contributed by atoms with E-state index in [4.69, 9.17) is 9.05 Å². The lowest BCUT2D eigenvalue weighted by Gasteiger charge is -2.29. The average Bonchev–Trinajstić information content (AvgIpc) is 3.04. The summed E-state index contributed by atoms with van der Waals surface area (Å²) in [6.45, 7) is 4.62. The minimum absolute atomic E-state index is 0.00166. The number of phosphoric ester groups is 1. The van der Waals surface area contributed by atoms with Crippen molar-refractivity contribution in [3.05, 3.63) is 12.2 Å². The molecule has 2 N–H and O–H groups in total. The topological polar surface area (TPSA) is 108 Å². The van der Waals surface area contributed by atoms with Crippen LogP contribution >= 0.6 is 7.82 Å². The van der Waals surface area contributed by atoms with Crippen LogP contribution in [0.5, 0.6) is 0 Å². The van der Waals surface area contributed by atoms with Gasteiger partial charge in [0.2, 0.25) is 5.91 Å². The summed E-state index contributed by atoms with van der Waals surface area (Å²) in [6.07, 6.45) is 35.4. The van der Waals surface area contributed by atoms with E-state index in [1.165, 1.54) is 128 Å². The number of hydrogen-bond acceptors (Lipinski definition) is 6. The molecule has 9 heteroatoms. The van der Waals surface area contributed by atoms with Gasteiger partial charge in [-0.25, -0.2) is 0 Å². The van der Waals surface area contributed by atoms with Gasteiger partial charge in [0.15, 0.2) is 0 Å². The normalized spacial score (nSPS) is 14.7. The van der Waals surface area contributed by atoms with Crippen LogP contribution in [0.15, 0.2) is 12.2 Å². The van der Waals surface area contributed by atoms with Crippen LogP contribution in [0, 0.1) is 0 Å². The van der Waals surface area contributed by atoms with Gasteiger partial charge in [-0.2, -0.15) is 0 Å². The van der Waals surface area contributed by atoms with Gasteiger partial charge in [0.05, 0.1) is 39.9 Å². The Labute approximate surface area is 303 Å². The number of quaternary nitrogens is 1. The van der Waals surface area contributed by atoms with Crippen LogP contribution in [0.2, 0.25) is 0 Å². The first kappa shape index (κ1) is 48.2. The number of carbonyl (C=O) groups excluding carboxylic acids is 1. The van der Waals surface area contributed by atoms with Crippen molar-refractivity contribution in [3.8, 4) is 0 Å². The second-order valence-corrected chi connectivity index (χ2v) is 16.8. The van der Waals surface area contributed by atoms with E-state index in [0.29, 0.717) is 17.4 Å². The lowest BCUT2D eigenvalue weighted by Crippen LogP contribution is -2.45. The number of unbranched alkanes of at least 4 members (excludes halogenated alkanes) is 24. The second kappa shape index (κ2) is 33.1. The van der Waals surface area contributed by atoms with Crippen molar-refractivity contribution in [1.82, 2.24) is 5.32 Å². The Hall–Kier alpha value is -0.760. The maximum absolute atomic E-state index is 12.8. The van der Waals surface area contributed by atoms with Crippen LogP contribution in [0.3, 0.4) is 0 Å². The lowest BCUT2D eigenvalue weighted by atomic mass is 10.0. The van der Waals surface area contributed by atoms with Gasteiger partial charge in [-0.1, -0.05) is 174 Å². The number of amides is 1. The number of allylic oxidation sites excluding steroid dienone is 1. The molecule has 0 rings (SSSR count). The molecule has 0 radical (unpaired) electrons. The molecule has 0 aromatic heterocycles. The number of nitrogens with zero attached hydrogens (tertiary/aromatic N) is 1. The molecule has 0 bridgehead atoms. The number of phosphoric acid groups is 1. The predicted octanol–water partition coefficient (Wildman–Crippen LogP) is 10.2. The maximum Gasteiger partial charge on any atom is 0.268 e. The number of nitrogens with one attached hydrogen (secondary N) is 1. The smallest absolute Gasteiger partial charge is 0.268 e. The molecule has 8 nitrogen and oxygen atoms in total. The van der Waals surface area contributed by atoms with Crippen molar-refractivity contribution in [2.75, 3.05) is 40.9 Å². The highest BCUT2D eigenvalue weighted by atomic mass is 31.2. The summed E-state index contributed by atoms with van der Waals surface area (Å²) in [5.74, 6) is -0.197. The molecule has 0 aliphatic heterocycles. The highest BCUT2D eigenvalue weighted by molar-refractivity contribution is 7.45. The van der Waals surface area contributed by atoms with Crippen LogP contribution in [0.1, 0.15) is 187 Å². The Bertz CT molecular complexity index is 819. The van der Waals surface area contributed by atoms with Crippen molar-refractivity contribution < 1.29 is 32.9 Å². The Morgan fingerprint density at radius 2 is 1.10 bits per heavy atom. The van der Waals surface area contributed by atoms with Crippen molar-refractivity contribution in [2.24, 2.45) is 0 Å². The fourth-order valence-corrected chi connectivity index (χ4v) is 6.64. The summed E-state index contributed by atoms with van der Waals surface area (Å²) < 4.78 is 23.1. The van der Waals surface area contributed by atoms with Crippen LogP contribution < -0.4 is 10.2 Å².